The summed E-state index contributed by atoms with van der Waals surface area (Å²) in [4.78, 5) is 8.97. The van der Waals surface area contributed by atoms with E-state index < -0.39 is 0 Å². The van der Waals surface area contributed by atoms with Gasteiger partial charge in [-0.1, -0.05) is 24.3 Å². The SMILES string of the molecule is Cc1cnc(C(NN)c2cccc3ncccc23)c(C)c1. The number of fused-ring (bicyclic) bond motifs is 1. The molecule has 0 saturated heterocycles. The van der Waals surface area contributed by atoms with Crippen LogP contribution in [0.1, 0.15) is 28.4 Å². The molecule has 1 atom stereocenters. The summed E-state index contributed by atoms with van der Waals surface area (Å²) in [6.45, 7) is 4.10. The minimum atomic E-state index is -0.154. The van der Waals surface area contributed by atoms with Gasteiger partial charge in [-0.25, -0.2) is 5.43 Å². The fourth-order valence-corrected chi connectivity index (χ4v) is 2.72. The van der Waals surface area contributed by atoms with Gasteiger partial charge in [0.1, 0.15) is 0 Å². The molecular formula is C17H18N4. The Labute approximate surface area is 124 Å². The molecule has 3 aromatic rings. The maximum atomic E-state index is 5.82. The Balaban J connectivity index is 2.18. The highest BCUT2D eigenvalue weighted by atomic mass is 15.2. The topological polar surface area (TPSA) is 63.8 Å². The molecule has 0 spiro atoms. The Kier molecular flexibility index (Phi) is 3.64. The molecular weight excluding hydrogens is 260 g/mol. The molecule has 2 aromatic heterocycles. The van der Waals surface area contributed by atoms with Crippen molar-refractivity contribution in [3.05, 3.63) is 71.2 Å². The molecule has 2 heterocycles. The van der Waals surface area contributed by atoms with Crippen molar-refractivity contribution in [2.45, 2.75) is 19.9 Å². The van der Waals surface area contributed by atoms with Crippen LogP contribution in [0.3, 0.4) is 0 Å². The fourth-order valence-electron chi connectivity index (χ4n) is 2.72. The fraction of sp³-hybridized carbons (Fsp3) is 0.176. The van der Waals surface area contributed by atoms with Gasteiger partial charge in [0, 0.05) is 17.8 Å². The first kappa shape index (κ1) is 13.7. The molecule has 0 bridgehead atoms. The average molecular weight is 278 g/mol. The molecule has 106 valence electrons. The molecule has 3 N–H and O–H groups in total. The molecule has 0 aliphatic rings. The Morgan fingerprint density at radius 3 is 2.71 bits per heavy atom. The van der Waals surface area contributed by atoms with Gasteiger partial charge in [-0.2, -0.15) is 0 Å². The normalized spacial score (nSPS) is 12.5. The lowest BCUT2D eigenvalue weighted by molar-refractivity contribution is 0.620. The molecule has 3 rings (SSSR count). The summed E-state index contributed by atoms with van der Waals surface area (Å²) in [5.41, 5.74) is 8.15. The maximum Gasteiger partial charge on any atom is 0.0890 e. The molecule has 1 aromatic carbocycles. The minimum Gasteiger partial charge on any atom is -0.271 e. The molecule has 0 fully saturated rings. The molecule has 4 nitrogen and oxygen atoms in total. The first-order valence-corrected chi connectivity index (χ1v) is 6.93. The Bertz CT molecular complexity index is 777. The van der Waals surface area contributed by atoms with Gasteiger partial charge in [-0.15, -0.1) is 0 Å². The summed E-state index contributed by atoms with van der Waals surface area (Å²) in [6.07, 6.45) is 3.67. The molecule has 4 heteroatoms. The predicted molar refractivity (Wildman–Crippen MR) is 84.6 cm³/mol. The van der Waals surface area contributed by atoms with Gasteiger partial charge < -0.3 is 0 Å². The van der Waals surface area contributed by atoms with Crippen LogP contribution in [0.5, 0.6) is 0 Å². The quantitative estimate of drug-likeness (QED) is 0.571. The number of hydrogen-bond donors (Lipinski definition) is 2. The molecule has 0 saturated carbocycles. The monoisotopic (exact) mass is 278 g/mol. The zero-order chi connectivity index (χ0) is 14.8. The zero-order valence-electron chi connectivity index (χ0n) is 12.2. The Hall–Kier alpha value is -2.30. The van der Waals surface area contributed by atoms with E-state index in [2.05, 4.69) is 40.5 Å². The van der Waals surface area contributed by atoms with Crippen molar-refractivity contribution >= 4 is 10.9 Å². The van der Waals surface area contributed by atoms with Crippen LogP contribution < -0.4 is 11.3 Å². The third-order valence-corrected chi connectivity index (χ3v) is 3.69. The zero-order valence-corrected chi connectivity index (χ0v) is 12.2. The van der Waals surface area contributed by atoms with Crippen molar-refractivity contribution in [1.82, 2.24) is 15.4 Å². The van der Waals surface area contributed by atoms with Crippen LogP contribution in [-0.2, 0) is 0 Å². The third-order valence-electron chi connectivity index (χ3n) is 3.69. The van der Waals surface area contributed by atoms with Crippen LogP contribution in [0, 0.1) is 13.8 Å². The van der Waals surface area contributed by atoms with Crippen LogP contribution in [0.15, 0.2) is 48.8 Å². The minimum absolute atomic E-state index is 0.154. The van der Waals surface area contributed by atoms with Crippen molar-refractivity contribution in [1.29, 1.82) is 0 Å². The van der Waals surface area contributed by atoms with Crippen molar-refractivity contribution in [2.75, 3.05) is 0 Å². The number of nitrogens with two attached hydrogens (primary N) is 1. The van der Waals surface area contributed by atoms with Gasteiger partial charge in [0.2, 0.25) is 0 Å². The van der Waals surface area contributed by atoms with E-state index in [1.54, 1.807) is 6.20 Å². The summed E-state index contributed by atoms with van der Waals surface area (Å²) in [5.74, 6) is 5.82. The number of aryl methyl sites for hydroxylation is 2. The van der Waals surface area contributed by atoms with Crippen molar-refractivity contribution in [2.24, 2.45) is 5.84 Å². The van der Waals surface area contributed by atoms with Gasteiger partial charge in [0.15, 0.2) is 0 Å². The van der Waals surface area contributed by atoms with Gasteiger partial charge in [0.05, 0.1) is 17.3 Å². The molecule has 0 amide bonds. The van der Waals surface area contributed by atoms with Crippen LogP contribution in [0.4, 0.5) is 0 Å². The van der Waals surface area contributed by atoms with Crippen LogP contribution in [-0.4, -0.2) is 9.97 Å². The second-order valence-electron chi connectivity index (χ2n) is 5.23. The van der Waals surface area contributed by atoms with E-state index in [0.717, 1.165) is 33.3 Å². The average Bonchev–Trinajstić information content (AvgIpc) is 2.50. The van der Waals surface area contributed by atoms with E-state index in [-0.39, 0.29) is 6.04 Å². The highest BCUT2D eigenvalue weighted by molar-refractivity contribution is 5.82. The maximum absolute atomic E-state index is 5.82. The highest BCUT2D eigenvalue weighted by Gasteiger charge is 2.18. The summed E-state index contributed by atoms with van der Waals surface area (Å²) < 4.78 is 0. The number of hydrogen-bond acceptors (Lipinski definition) is 4. The van der Waals surface area contributed by atoms with Crippen LogP contribution in [0.2, 0.25) is 0 Å². The van der Waals surface area contributed by atoms with Crippen molar-refractivity contribution in [3.63, 3.8) is 0 Å². The standard InChI is InChI=1S/C17H18N4/c1-11-9-12(2)16(20-10-11)17(21-18)14-5-3-7-15-13(14)6-4-8-19-15/h3-10,17,21H,18H2,1-2H3. The lowest BCUT2D eigenvalue weighted by atomic mass is 9.96. The highest BCUT2D eigenvalue weighted by Crippen LogP contribution is 2.28. The van der Waals surface area contributed by atoms with Crippen molar-refractivity contribution in [3.8, 4) is 0 Å². The smallest absolute Gasteiger partial charge is 0.0890 e. The predicted octanol–water partition coefficient (Wildman–Crippen LogP) is 2.80. The Morgan fingerprint density at radius 2 is 1.95 bits per heavy atom. The number of hydrazine groups is 1. The number of nitrogens with zero attached hydrogens (tertiary/aromatic N) is 2. The largest absolute Gasteiger partial charge is 0.271 e. The summed E-state index contributed by atoms with van der Waals surface area (Å²) >= 11 is 0. The summed E-state index contributed by atoms with van der Waals surface area (Å²) in [7, 11) is 0. The molecule has 1 unspecified atom stereocenters. The van der Waals surface area contributed by atoms with Crippen molar-refractivity contribution < 1.29 is 0 Å². The Morgan fingerprint density at radius 1 is 1.10 bits per heavy atom. The number of nitrogens with one attached hydrogen (secondary N) is 1. The van der Waals surface area contributed by atoms with E-state index in [4.69, 9.17) is 5.84 Å². The number of aromatic nitrogens is 2. The first-order chi connectivity index (χ1) is 10.2. The van der Waals surface area contributed by atoms with E-state index in [1.807, 2.05) is 31.3 Å². The van der Waals surface area contributed by atoms with E-state index in [0.29, 0.717) is 0 Å². The molecule has 0 aliphatic carbocycles. The van der Waals surface area contributed by atoms with Gasteiger partial charge in [0.25, 0.3) is 0 Å². The molecule has 21 heavy (non-hydrogen) atoms. The third kappa shape index (κ3) is 2.51. The summed E-state index contributed by atoms with van der Waals surface area (Å²) in [6, 6.07) is 12.0. The first-order valence-electron chi connectivity index (χ1n) is 6.93. The van der Waals surface area contributed by atoms with Crippen LogP contribution in [0.25, 0.3) is 10.9 Å². The lowest BCUT2D eigenvalue weighted by Crippen LogP contribution is -2.30. The number of benzene rings is 1. The second kappa shape index (κ2) is 5.60. The number of pyridine rings is 2. The van der Waals surface area contributed by atoms with E-state index >= 15 is 0 Å². The lowest BCUT2D eigenvalue weighted by Gasteiger charge is -2.19. The molecule has 0 aliphatic heterocycles. The van der Waals surface area contributed by atoms with E-state index in [9.17, 15) is 0 Å². The van der Waals surface area contributed by atoms with E-state index in [1.165, 1.54) is 0 Å². The van der Waals surface area contributed by atoms with Crippen LogP contribution >= 0.6 is 0 Å². The number of rotatable bonds is 3. The second-order valence-corrected chi connectivity index (χ2v) is 5.23. The molecule has 0 radical (unpaired) electrons. The summed E-state index contributed by atoms with van der Waals surface area (Å²) in [5, 5.41) is 1.09. The van der Waals surface area contributed by atoms with Gasteiger partial charge >= 0.3 is 0 Å². The van der Waals surface area contributed by atoms with Gasteiger partial charge in [-0.3, -0.25) is 15.8 Å². The van der Waals surface area contributed by atoms with Gasteiger partial charge in [-0.05, 0) is 42.7 Å².